The van der Waals surface area contributed by atoms with Crippen LogP contribution in [0.4, 0.5) is 0 Å². The fraction of sp³-hybridized carbons (Fsp3) is 0.444. The predicted octanol–water partition coefficient (Wildman–Crippen LogP) is 6.74. The number of benzene rings is 1. The molecular weight excluding hydrogens is 353 g/mol. The Balaban J connectivity index is 0.00000264. The van der Waals surface area contributed by atoms with Crippen molar-refractivity contribution >= 4 is 35.6 Å². The Morgan fingerprint density at radius 3 is 2.52 bits per heavy atom. The number of halogens is 3. The molecule has 128 valence electrons. The maximum atomic E-state index is 6.20. The molecule has 0 aliphatic rings. The summed E-state index contributed by atoms with van der Waals surface area (Å²) in [4.78, 5) is 0. The second-order valence-electron chi connectivity index (χ2n) is 5.48. The highest BCUT2D eigenvalue weighted by Crippen LogP contribution is 2.31. The van der Waals surface area contributed by atoms with Crippen molar-refractivity contribution in [1.29, 1.82) is 0 Å². The van der Waals surface area contributed by atoms with Crippen LogP contribution in [-0.2, 0) is 6.54 Å². The predicted molar refractivity (Wildman–Crippen MR) is 102 cm³/mol. The zero-order valence-electron chi connectivity index (χ0n) is 13.4. The normalized spacial score (nSPS) is 10.6. The van der Waals surface area contributed by atoms with Crippen LogP contribution in [0.5, 0.6) is 0 Å². The van der Waals surface area contributed by atoms with Crippen molar-refractivity contribution in [2.24, 2.45) is 0 Å². The smallest absolute Gasteiger partial charge is 0.135 e. The second kappa shape index (κ2) is 11.0. The average molecular weight is 377 g/mol. The molecule has 0 saturated carbocycles. The van der Waals surface area contributed by atoms with E-state index in [0.29, 0.717) is 10.0 Å². The van der Waals surface area contributed by atoms with E-state index in [-0.39, 0.29) is 12.4 Å². The summed E-state index contributed by atoms with van der Waals surface area (Å²) in [5.41, 5.74) is 0.872. The Labute approximate surface area is 155 Å². The molecule has 1 N–H and O–H groups in total. The maximum absolute atomic E-state index is 6.20. The first-order valence-electron chi connectivity index (χ1n) is 7.95. The van der Waals surface area contributed by atoms with Crippen LogP contribution in [0.1, 0.15) is 44.8 Å². The van der Waals surface area contributed by atoms with Gasteiger partial charge in [0.2, 0.25) is 0 Å². The van der Waals surface area contributed by atoms with Gasteiger partial charge in [-0.1, -0.05) is 55.8 Å². The first-order chi connectivity index (χ1) is 10.7. The van der Waals surface area contributed by atoms with Gasteiger partial charge in [-0.2, -0.15) is 0 Å². The molecule has 2 rings (SSSR count). The Kier molecular flexibility index (Phi) is 9.73. The van der Waals surface area contributed by atoms with Crippen molar-refractivity contribution in [1.82, 2.24) is 5.32 Å². The number of hydrogen-bond acceptors (Lipinski definition) is 2. The summed E-state index contributed by atoms with van der Waals surface area (Å²) in [7, 11) is 0. The number of hydrogen-bond donors (Lipinski definition) is 1. The van der Waals surface area contributed by atoms with Gasteiger partial charge in [0.25, 0.3) is 0 Å². The molecule has 0 radical (unpaired) electrons. The highest BCUT2D eigenvalue weighted by molar-refractivity contribution is 6.36. The van der Waals surface area contributed by atoms with Crippen LogP contribution < -0.4 is 5.32 Å². The molecule has 0 aliphatic heterocycles. The van der Waals surface area contributed by atoms with Gasteiger partial charge in [0.15, 0.2) is 0 Å². The van der Waals surface area contributed by atoms with E-state index >= 15 is 0 Å². The molecule has 1 aromatic heterocycles. The van der Waals surface area contributed by atoms with Crippen molar-refractivity contribution in [3.8, 4) is 11.3 Å². The van der Waals surface area contributed by atoms with Crippen molar-refractivity contribution in [3.63, 3.8) is 0 Å². The molecule has 0 saturated heterocycles. The lowest BCUT2D eigenvalue weighted by Gasteiger charge is -2.03. The van der Waals surface area contributed by atoms with E-state index in [1.807, 2.05) is 24.3 Å². The van der Waals surface area contributed by atoms with E-state index in [4.69, 9.17) is 27.6 Å². The number of unbranched alkanes of at least 4 members (excludes halogenated alkanes) is 4. The van der Waals surface area contributed by atoms with Crippen LogP contribution >= 0.6 is 35.6 Å². The van der Waals surface area contributed by atoms with Gasteiger partial charge in [-0.15, -0.1) is 12.4 Å². The largest absolute Gasteiger partial charge is 0.460 e. The minimum absolute atomic E-state index is 0. The Morgan fingerprint density at radius 2 is 1.78 bits per heavy atom. The fourth-order valence-electron chi connectivity index (χ4n) is 2.37. The van der Waals surface area contributed by atoms with Gasteiger partial charge in [-0.3, -0.25) is 0 Å². The third-order valence-corrected chi connectivity index (χ3v) is 4.16. The molecule has 0 unspecified atom stereocenters. The van der Waals surface area contributed by atoms with Crippen LogP contribution in [0.2, 0.25) is 10.0 Å². The summed E-state index contributed by atoms with van der Waals surface area (Å²) < 4.78 is 5.85. The Hall–Kier alpha value is -0.670. The minimum atomic E-state index is 0. The third-order valence-electron chi connectivity index (χ3n) is 3.61. The monoisotopic (exact) mass is 375 g/mol. The zero-order valence-corrected chi connectivity index (χ0v) is 15.7. The van der Waals surface area contributed by atoms with Crippen molar-refractivity contribution in [2.75, 3.05) is 6.54 Å². The summed E-state index contributed by atoms with van der Waals surface area (Å²) in [5.74, 6) is 1.70. The van der Waals surface area contributed by atoms with Gasteiger partial charge in [-0.25, -0.2) is 0 Å². The number of nitrogens with one attached hydrogen (secondary N) is 1. The Bertz CT molecular complexity index is 583. The summed E-state index contributed by atoms with van der Waals surface area (Å²) in [6.07, 6.45) is 6.47. The highest BCUT2D eigenvalue weighted by Gasteiger charge is 2.09. The Morgan fingerprint density at radius 1 is 1.00 bits per heavy atom. The van der Waals surface area contributed by atoms with E-state index in [1.54, 1.807) is 6.07 Å². The van der Waals surface area contributed by atoms with Crippen LogP contribution in [0, 0.1) is 0 Å². The maximum Gasteiger partial charge on any atom is 0.135 e. The van der Waals surface area contributed by atoms with Gasteiger partial charge >= 0.3 is 0 Å². The SMILES string of the molecule is CCCCCCCNCc1ccc(-c2ccc(Cl)cc2Cl)o1.Cl. The molecule has 1 aromatic carbocycles. The second-order valence-corrected chi connectivity index (χ2v) is 6.32. The fourth-order valence-corrected chi connectivity index (χ4v) is 2.87. The highest BCUT2D eigenvalue weighted by atomic mass is 35.5. The van der Waals surface area contributed by atoms with E-state index < -0.39 is 0 Å². The minimum Gasteiger partial charge on any atom is -0.460 e. The molecule has 0 atom stereocenters. The summed E-state index contributed by atoms with van der Waals surface area (Å²) in [6, 6.07) is 9.38. The van der Waals surface area contributed by atoms with E-state index in [9.17, 15) is 0 Å². The van der Waals surface area contributed by atoms with E-state index in [2.05, 4.69) is 12.2 Å². The van der Waals surface area contributed by atoms with Gasteiger partial charge < -0.3 is 9.73 Å². The average Bonchev–Trinajstić information content (AvgIpc) is 2.95. The molecule has 5 heteroatoms. The topological polar surface area (TPSA) is 25.2 Å². The zero-order chi connectivity index (χ0) is 15.8. The van der Waals surface area contributed by atoms with Crippen LogP contribution in [-0.4, -0.2) is 6.54 Å². The first kappa shape index (κ1) is 20.4. The molecule has 1 heterocycles. The van der Waals surface area contributed by atoms with Gasteiger partial charge in [0.05, 0.1) is 11.6 Å². The van der Waals surface area contributed by atoms with Crippen LogP contribution in [0.15, 0.2) is 34.7 Å². The molecule has 23 heavy (non-hydrogen) atoms. The lowest BCUT2D eigenvalue weighted by atomic mass is 10.1. The summed E-state index contributed by atoms with van der Waals surface area (Å²) in [6.45, 7) is 4.01. The summed E-state index contributed by atoms with van der Waals surface area (Å²) in [5, 5.41) is 4.66. The lowest BCUT2D eigenvalue weighted by Crippen LogP contribution is -2.14. The molecule has 0 amide bonds. The summed E-state index contributed by atoms with van der Waals surface area (Å²) >= 11 is 12.1. The third kappa shape index (κ3) is 6.76. The van der Waals surface area contributed by atoms with E-state index in [1.165, 1.54) is 32.1 Å². The lowest BCUT2D eigenvalue weighted by molar-refractivity contribution is 0.486. The van der Waals surface area contributed by atoms with Gasteiger partial charge in [0.1, 0.15) is 11.5 Å². The quantitative estimate of drug-likeness (QED) is 0.490. The van der Waals surface area contributed by atoms with Gasteiger partial charge in [-0.05, 0) is 43.3 Å². The first-order valence-corrected chi connectivity index (χ1v) is 8.71. The molecule has 2 aromatic rings. The molecule has 0 fully saturated rings. The van der Waals surface area contributed by atoms with Crippen LogP contribution in [0.3, 0.4) is 0 Å². The standard InChI is InChI=1S/C18H23Cl2NO.ClH/c1-2-3-4-5-6-11-21-13-15-8-10-18(22-15)16-9-7-14(19)12-17(16)20;/h7-10,12,21H,2-6,11,13H2,1H3;1H. The molecule has 0 bridgehead atoms. The molecule has 0 spiro atoms. The molecular formula is C18H24Cl3NO. The van der Waals surface area contributed by atoms with Gasteiger partial charge in [0, 0.05) is 10.6 Å². The molecule has 0 aliphatic carbocycles. The van der Waals surface area contributed by atoms with Crippen molar-refractivity contribution < 1.29 is 4.42 Å². The number of furan rings is 1. The molecule has 2 nitrogen and oxygen atoms in total. The van der Waals surface area contributed by atoms with Crippen molar-refractivity contribution in [3.05, 3.63) is 46.1 Å². The van der Waals surface area contributed by atoms with Crippen molar-refractivity contribution in [2.45, 2.75) is 45.6 Å². The number of rotatable bonds is 9. The van der Waals surface area contributed by atoms with E-state index in [0.717, 1.165) is 30.2 Å². The van der Waals surface area contributed by atoms with Crippen LogP contribution in [0.25, 0.3) is 11.3 Å².